The Hall–Kier alpha value is -3.69. The van der Waals surface area contributed by atoms with Gasteiger partial charge in [-0.25, -0.2) is 4.79 Å². The number of hydrogen-bond donors (Lipinski definition) is 1. The quantitative estimate of drug-likeness (QED) is 0.186. The fraction of sp³-hybridized carbons (Fsp3) is 0.567. The van der Waals surface area contributed by atoms with E-state index in [0.29, 0.717) is 11.3 Å². The van der Waals surface area contributed by atoms with Gasteiger partial charge in [-0.2, -0.15) is 0 Å². The van der Waals surface area contributed by atoms with Crippen LogP contribution in [0.4, 0.5) is 0 Å². The highest BCUT2D eigenvalue weighted by molar-refractivity contribution is 5.88. The minimum atomic E-state index is -1.00. The van der Waals surface area contributed by atoms with Crippen molar-refractivity contribution in [1.82, 2.24) is 5.32 Å². The van der Waals surface area contributed by atoms with Crippen LogP contribution in [0.1, 0.15) is 81.7 Å². The Bertz CT molecular complexity index is 1150. The van der Waals surface area contributed by atoms with Crippen LogP contribution in [0.25, 0.3) is 0 Å². The van der Waals surface area contributed by atoms with Crippen LogP contribution in [0.2, 0.25) is 0 Å². The maximum atomic E-state index is 13.0. The van der Waals surface area contributed by atoms with E-state index in [1.54, 1.807) is 75.3 Å². The van der Waals surface area contributed by atoms with E-state index in [2.05, 4.69) is 5.32 Å². The molecule has 0 spiro atoms. The zero-order valence-corrected chi connectivity index (χ0v) is 25.5. The van der Waals surface area contributed by atoms with E-state index >= 15 is 0 Å². The zero-order valence-electron chi connectivity index (χ0n) is 25.5. The molecular weight excluding hydrogens is 518 g/mol. The predicted molar refractivity (Wildman–Crippen MR) is 148 cm³/mol. The Morgan fingerprint density at radius 1 is 0.750 bits per heavy atom. The third-order valence-corrected chi connectivity index (χ3v) is 5.19. The molecule has 0 heterocycles. The monoisotopic (exact) mass is 561 g/mol. The van der Waals surface area contributed by atoms with Crippen molar-refractivity contribution in [2.75, 3.05) is 6.79 Å². The van der Waals surface area contributed by atoms with Crippen molar-refractivity contribution in [3.63, 3.8) is 0 Å². The maximum Gasteiger partial charge on any atom is 0.331 e. The van der Waals surface area contributed by atoms with Gasteiger partial charge in [-0.15, -0.1) is 0 Å². The molecule has 0 amide bonds. The fourth-order valence-electron chi connectivity index (χ4n) is 2.86. The lowest BCUT2D eigenvalue weighted by Crippen LogP contribution is -2.39. The number of hydrogen-bond acceptors (Lipinski definition) is 10. The van der Waals surface area contributed by atoms with Gasteiger partial charge in [0.25, 0.3) is 0 Å². The summed E-state index contributed by atoms with van der Waals surface area (Å²) in [6.45, 7) is 17.6. The first kappa shape index (κ1) is 34.3. The number of allylic oxidation sites excluding steroid dienone is 2. The standard InChI is InChI=1S/C30H43NO9/c1-18(14-19(2)32)31-21(24(33)37-17-38-25(34)28(3,4)5)15-20-12-13-22(39-26(35)29(6,7)8)23(16-20)40-27(36)30(9,10)11/h12-14,16,21,31H,15,17H2,1-11H3/b18-14+/t21-/m0/s1. The maximum absolute atomic E-state index is 13.0. The van der Waals surface area contributed by atoms with Gasteiger partial charge < -0.3 is 24.3 Å². The second-order valence-electron chi connectivity index (χ2n) is 12.7. The van der Waals surface area contributed by atoms with Crippen molar-refractivity contribution in [3.05, 3.63) is 35.5 Å². The number of carbonyl (C=O) groups is 5. The molecule has 10 nitrogen and oxygen atoms in total. The van der Waals surface area contributed by atoms with E-state index in [4.69, 9.17) is 18.9 Å². The Morgan fingerprint density at radius 2 is 1.25 bits per heavy atom. The SMILES string of the molecule is CC(=O)/C=C(\C)N[C@@H](Cc1ccc(OC(=O)C(C)(C)C)c(OC(=O)C(C)(C)C)c1)C(=O)OCOC(=O)C(C)(C)C. The molecule has 0 aliphatic carbocycles. The smallest absolute Gasteiger partial charge is 0.331 e. The molecule has 1 N–H and O–H groups in total. The molecule has 1 aromatic rings. The van der Waals surface area contributed by atoms with Crippen LogP contribution in [0.15, 0.2) is 30.0 Å². The first-order chi connectivity index (χ1) is 18.1. The van der Waals surface area contributed by atoms with Gasteiger partial charge in [0.15, 0.2) is 17.3 Å². The third kappa shape index (κ3) is 11.6. The molecule has 0 aromatic heterocycles. The van der Waals surface area contributed by atoms with Crippen molar-refractivity contribution in [2.45, 2.75) is 88.6 Å². The molecule has 0 aliphatic rings. The van der Waals surface area contributed by atoms with E-state index in [0.717, 1.165) is 0 Å². The largest absolute Gasteiger partial charge is 0.427 e. The topological polar surface area (TPSA) is 134 Å². The lowest BCUT2D eigenvalue weighted by molar-refractivity contribution is -0.174. The van der Waals surface area contributed by atoms with Crippen LogP contribution in [0, 0.1) is 16.2 Å². The van der Waals surface area contributed by atoms with E-state index in [9.17, 15) is 24.0 Å². The average molecular weight is 562 g/mol. The second kappa shape index (κ2) is 13.6. The fourth-order valence-corrected chi connectivity index (χ4v) is 2.86. The van der Waals surface area contributed by atoms with Crippen LogP contribution < -0.4 is 14.8 Å². The van der Waals surface area contributed by atoms with Gasteiger partial charge in [-0.05, 0) is 99.9 Å². The molecule has 0 saturated carbocycles. The van der Waals surface area contributed by atoms with E-state index in [-0.39, 0.29) is 23.7 Å². The molecule has 10 heteroatoms. The molecule has 40 heavy (non-hydrogen) atoms. The molecule has 0 unspecified atom stereocenters. The predicted octanol–water partition coefficient (Wildman–Crippen LogP) is 4.67. The molecule has 1 aromatic carbocycles. The summed E-state index contributed by atoms with van der Waals surface area (Å²) in [5, 5.41) is 2.95. The molecule has 0 aliphatic heterocycles. The number of esters is 4. The Kier molecular flexibility index (Phi) is 11.7. The Labute approximate surface area is 236 Å². The molecule has 0 radical (unpaired) electrons. The summed E-state index contributed by atoms with van der Waals surface area (Å²) < 4.78 is 21.3. The first-order valence-corrected chi connectivity index (χ1v) is 13.0. The third-order valence-electron chi connectivity index (χ3n) is 5.19. The molecule has 0 bridgehead atoms. The Balaban J connectivity index is 3.33. The summed E-state index contributed by atoms with van der Waals surface area (Å²) in [6, 6.07) is 3.60. The minimum absolute atomic E-state index is 0.0113. The summed E-state index contributed by atoms with van der Waals surface area (Å²) >= 11 is 0. The van der Waals surface area contributed by atoms with Crippen LogP contribution in [-0.4, -0.2) is 42.5 Å². The van der Waals surface area contributed by atoms with Crippen LogP contribution in [0.5, 0.6) is 11.5 Å². The highest BCUT2D eigenvalue weighted by Gasteiger charge is 2.29. The molecule has 1 atom stereocenters. The minimum Gasteiger partial charge on any atom is -0.427 e. The van der Waals surface area contributed by atoms with Crippen LogP contribution in [-0.2, 0) is 39.9 Å². The summed E-state index contributed by atoms with van der Waals surface area (Å²) in [7, 11) is 0. The van der Waals surface area contributed by atoms with Gasteiger partial charge >= 0.3 is 23.9 Å². The van der Waals surface area contributed by atoms with Crippen LogP contribution in [0.3, 0.4) is 0 Å². The summed E-state index contributed by atoms with van der Waals surface area (Å²) in [4.78, 5) is 61.8. The zero-order chi connectivity index (χ0) is 31.1. The summed E-state index contributed by atoms with van der Waals surface area (Å²) in [6.07, 6.45) is 1.36. The van der Waals surface area contributed by atoms with Gasteiger partial charge in [-0.3, -0.25) is 19.2 Å². The number of rotatable bonds is 10. The van der Waals surface area contributed by atoms with Crippen molar-refractivity contribution in [1.29, 1.82) is 0 Å². The highest BCUT2D eigenvalue weighted by atomic mass is 16.7. The van der Waals surface area contributed by atoms with Crippen molar-refractivity contribution >= 4 is 29.7 Å². The van der Waals surface area contributed by atoms with Gasteiger partial charge in [0.1, 0.15) is 6.04 Å². The second-order valence-corrected chi connectivity index (χ2v) is 12.7. The average Bonchev–Trinajstić information content (AvgIpc) is 2.77. The van der Waals surface area contributed by atoms with Gasteiger partial charge in [0.2, 0.25) is 6.79 Å². The van der Waals surface area contributed by atoms with E-state index in [1.165, 1.54) is 25.1 Å². The number of ether oxygens (including phenoxy) is 4. The van der Waals surface area contributed by atoms with Crippen molar-refractivity contribution in [3.8, 4) is 11.5 Å². The molecule has 0 saturated heterocycles. The normalized spacial score (nSPS) is 13.1. The van der Waals surface area contributed by atoms with Gasteiger partial charge in [0, 0.05) is 12.1 Å². The number of carbonyl (C=O) groups excluding carboxylic acids is 5. The molecule has 1 rings (SSSR count). The molecule has 0 fully saturated rings. The molecular formula is C30H43NO9. The van der Waals surface area contributed by atoms with Gasteiger partial charge in [0.05, 0.1) is 16.2 Å². The first-order valence-electron chi connectivity index (χ1n) is 13.0. The van der Waals surface area contributed by atoms with E-state index < -0.39 is 53.0 Å². The molecule has 222 valence electrons. The number of nitrogens with one attached hydrogen (secondary N) is 1. The lowest BCUT2D eigenvalue weighted by atomic mass is 9.97. The van der Waals surface area contributed by atoms with E-state index in [1.807, 2.05) is 0 Å². The van der Waals surface area contributed by atoms with Gasteiger partial charge in [-0.1, -0.05) is 6.07 Å². The van der Waals surface area contributed by atoms with Crippen molar-refractivity contribution < 1.29 is 42.9 Å². The van der Waals surface area contributed by atoms with Crippen molar-refractivity contribution in [2.24, 2.45) is 16.2 Å². The Morgan fingerprint density at radius 3 is 1.73 bits per heavy atom. The van der Waals surface area contributed by atoms with Crippen LogP contribution >= 0.6 is 0 Å². The lowest BCUT2D eigenvalue weighted by Gasteiger charge is -2.22. The highest BCUT2D eigenvalue weighted by Crippen LogP contribution is 2.33. The number of ketones is 1. The number of benzene rings is 1. The summed E-state index contributed by atoms with van der Waals surface area (Å²) in [5.41, 5.74) is -1.47. The summed E-state index contributed by atoms with van der Waals surface area (Å²) in [5.74, 6) is -2.51.